The van der Waals surface area contributed by atoms with Gasteiger partial charge in [-0.25, -0.2) is 16.8 Å². The molecule has 18 heteroatoms. The van der Waals surface area contributed by atoms with Crippen molar-refractivity contribution in [3.63, 3.8) is 0 Å². The van der Waals surface area contributed by atoms with Crippen molar-refractivity contribution in [1.29, 1.82) is 0 Å². The normalized spacial score (nSPS) is 24.3. The van der Waals surface area contributed by atoms with E-state index in [9.17, 15) is 35.9 Å². The SMILES string of the molecule is C[S+](C)C1CCCCC1=O.O=C1CCCCC1[S+](C1CCCCC1)C1CCCCC1.O=S(=O)([O-])C(F)(F)F.O=S(=O)([O-])C(F)(F)F. The number of carbonyl (C=O) groups is 2. The standard InChI is InChI=1S/C18H31OS.C8H15OS.2CHF3O3S/c19-17-13-7-8-14-18(17)20(15-9-3-1-4-10-15)16-11-5-2-6-12-16;1-10(2)8-6-4-3-5-7(8)9;2*2-1(3,4)8(5,6)7/h15-16,18H,1-14H2;8H,3-6H2,1-2H3;2*(H,5,6,7)/q2*+1;;/p-2. The molecule has 4 fully saturated rings. The molecule has 0 radical (unpaired) electrons. The third-order valence-corrected chi connectivity index (χ3v) is 14.7. The average Bonchev–Trinajstić information content (AvgIpc) is 2.94. The fourth-order valence-electron chi connectivity index (χ4n) is 6.10. The molecule has 0 bridgehead atoms. The minimum atomic E-state index is -6.09. The average molecular weight is 753 g/mol. The van der Waals surface area contributed by atoms with Gasteiger partial charge in [-0.05, 0) is 87.9 Å². The third kappa shape index (κ3) is 15.3. The van der Waals surface area contributed by atoms with E-state index in [4.69, 9.17) is 25.9 Å². The van der Waals surface area contributed by atoms with Crippen molar-refractivity contribution < 1.29 is 61.9 Å². The van der Waals surface area contributed by atoms with Gasteiger partial charge in [-0.15, -0.1) is 0 Å². The molecule has 46 heavy (non-hydrogen) atoms. The Morgan fingerprint density at radius 3 is 1.07 bits per heavy atom. The molecule has 8 nitrogen and oxygen atoms in total. The largest absolute Gasteiger partial charge is 0.741 e. The first-order valence-electron chi connectivity index (χ1n) is 15.4. The summed E-state index contributed by atoms with van der Waals surface area (Å²) in [6.45, 7) is 0. The molecule has 0 aliphatic heterocycles. The third-order valence-electron chi connectivity index (χ3n) is 8.34. The monoisotopic (exact) mass is 752 g/mol. The summed E-state index contributed by atoms with van der Waals surface area (Å²) >= 11 is 0. The van der Waals surface area contributed by atoms with Gasteiger partial charge in [-0.2, -0.15) is 26.3 Å². The maximum absolute atomic E-state index is 12.5. The van der Waals surface area contributed by atoms with E-state index in [2.05, 4.69) is 12.5 Å². The molecule has 2 unspecified atom stereocenters. The van der Waals surface area contributed by atoms with Crippen molar-refractivity contribution in [1.82, 2.24) is 0 Å². The van der Waals surface area contributed by atoms with E-state index in [1.807, 2.05) is 0 Å². The first-order chi connectivity index (χ1) is 21.1. The van der Waals surface area contributed by atoms with Crippen LogP contribution in [0.1, 0.15) is 116 Å². The topological polar surface area (TPSA) is 149 Å². The number of halogens is 6. The molecule has 0 aromatic carbocycles. The lowest BCUT2D eigenvalue weighted by Gasteiger charge is -2.35. The second kappa shape index (κ2) is 19.6. The van der Waals surface area contributed by atoms with E-state index >= 15 is 0 Å². The Morgan fingerprint density at radius 1 is 0.543 bits per heavy atom. The molecule has 272 valence electrons. The molecular formula is C28H46F6O8S4. The van der Waals surface area contributed by atoms with E-state index in [0.29, 0.717) is 43.9 Å². The molecule has 0 saturated heterocycles. The quantitative estimate of drug-likeness (QED) is 0.142. The minimum absolute atomic E-state index is 0.318. The van der Waals surface area contributed by atoms with Crippen LogP contribution >= 0.6 is 0 Å². The Kier molecular flexibility index (Phi) is 18.5. The first kappa shape index (κ1) is 43.5. The molecule has 0 N–H and O–H groups in total. The number of carbonyl (C=O) groups excluding carboxylic acids is 2. The Labute approximate surface area is 274 Å². The number of hydrogen-bond acceptors (Lipinski definition) is 8. The van der Waals surface area contributed by atoms with Gasteiger partial charge in [0, 0.05) is 36.6 Å². The number of ketones is 2. The highest BCUT2D eigenvalue weighted by Crippen LogP contribution is 2.39. The minimum Gasteiger partial charge on any atom is -0.741 e. The van der Waals surface area contributed by atoms with Gasteiger partial charge in [0.1, 0.15) is 10.5 Å². The van der Waals surface area contributed by atoms with Crippen molar-refractivity contribution in [3.8, 4) is 0 Å². The predicted molar refractivity (Wildman–Crippen MR) is 166 cm³/mol. The lowest BCUT2D eigenvalue weighted by molar-refractivity contribution is -0.120. The highest BCUT2D eigenvalue weighted by atomic mass is 32.2. The van der Waals surface area contributed by atoms with Gasteiger partial charge >= 0.3 is 11.0 Å². The van der Waals surface area contributed by atoms with Crippen LogP contribution < -0.4 is 0 Å². The zero-order chi connectivity index (χ0) is 35.3. The fraction of sp³-hybridized carbons (Fsp3) is 0.929. The van der Waals surface area contributed by atoms with E-state index in [1.54, 1.807) is 0 Å². The molecule has 0 spiro atoms. The van der Waals surface area contributed by atoms with Crippen LogP contribution in [0.25, 0.3) is 0 Å². The fourth-order valence-corrected chi connectivity index (χ4v) is 11.5. The van der Waals surface area contributed by atoms with Gasteiger partial charge in [0.15, 0.2) is 42.3 Å². The van der Waals surface area contributed by atoms with Crippen LogP contribution in [0.15, 0.2) is 0 Å². The van der Waals surface area contributed by atoms with E-state index in [1.165, 1.54) is 89.9 Å². The highest BCUT2D eigenvalue weighted by molar-refractivity contribution is 7.99. The number of hydrogen-bond donors (Lipinski definition) is 0. The van der Waals surface area contributed by atoms with Gasteiger partial charge in [-0.1, -0.05) is 12.8 Å². The Balaban J connectivity index is 0.000000343. The molecule has 2 atom stereocenters. The summed E-state index contributed by atoms with van der Waals surface area (Å²) in [5.74, 6) is 1.16. The van der Waals surface area contributed by atoms with Crippen LogP contribution in [0.2, 0.25) is 0 Å². The van der Waals surface area contributed by atoms with Gasteiger partial charge < -0.3 is 9.11 Å². The van der Waals surface area contributed by atoms with Gasteiger partial charge in [0.2, 0.25) is 0 Å². The van der Waals surface area contributed by atoms with Crippen LogP contribution in [0.4, 0.5) is 26.3 Å². The van der Waals surface area contributed by atoms with Crippen molar-refractivity contribution >= 4 is 53.6 Å². The summed E-state index contributed by atoms with van der Waals surface area (Å²) in [7, 11) is -11.4. The predicted octanol–water partition coefficient (Wildman–Crippen LogP) is 6.26. The summed E-state index contributed by atoms with van der Waals surface area (Å²) in [6.07, 6.45) is 27.7. The Hall–Kier alpha value is -0.560. The van der Waals surface area contributed by atoms with Crippen molar-refractivity contribution in [2.45, 2.75) is 148 Å². The van der Waals surface area contributed by atoms with Crippen LogP contribution in [-0.4, -0.2) is 82.0 Å². The summed E-state index contributed by atoms with van der Waals surface area (Å²) < 4.78 is 118. The highest BCUT2D eigenvalue weighted by Gasteiger charge is 2.48. The van der Waals surface area contributed by atoms with Gasteiger partial charge in [-0.3, -0.25) is 9.59 Å². The smallest absolute Gasteiger partial charge is 0.485 e. The van der Waals surface area contributed by atoms with Gasteiger partial charge in [0.25, 0.3) is 0 Å². The molecule has 4 aliphatic rings. The van der Waals surface area contributed by atoms with Gasteiger partial charge in [0.05, 0.1) is 12.5 Å². The molecule has 0 heterocycles. The van der Waals surface area contributed by atoms with Crippen molar-refractivity contribution in [2.24, 2.45) is 0 Å². The number of Topliss-reactive ketones (excluding diaryl/α,β-unsaturated/α-hetero) is 2. The van der Waals surface area contributed by atoms with E-state index in [0.717, 1.165) is 36.2 Å². The zero-order valence-corrected chi connectivity index (χ0v) is 29.5. The summed E-state index contributed by atoms with van der Waals surface area (Å²) in [5, 5.41) is 2.72. The van der Waals surface area contributed by atoms with E-state index < -0.39 is 31.3 Å². The maximum atomic E-state index is 12.5. The number of rotatable bonds is 4. The number of alkyl halides is 6. The maximum Gasteiger partial charge on any atom is 0.485 e. The summed E-state index contributed by atoms with van der Waals surface area (Å²) in [5.41, 5.74) is -11.3. The summed E-state index contributed by atoms with van der Waals surface area (Å²) in [4.78, 5) is 23.8. The Bertz CT molecular complexity index is 1090. The van der Waals surface area contributed by atoms with Crippen LogP contribution in [0.5, 0.6) is 0 Å². The lowest BCUT2D eigenvalue weighted by Crippen LogP contribution is -2.47. The molecule has 0 amide bonds. The van der Waals surface area contributed by atoms with Crippen LogP contribution in [0, 0.1) is 0 Å². The lowest BCUT2D eigenvalue weighted by atomic mass is 9.98. The molecule has 0 aromatic heterocycles. The van der Waals surface area contributed by atoms with E-state index in [-0.39, 0.29) is 0 Å². The van der Waals surface area contributed by atoms with Crippen LogP contribution in [-0.2, 0) is 51.6 Å². The zero-order valence-electron chi connectivity index (χ0n) is 26.2. The molecular weight excluding hydrogens is 707 g/mol. The summed E-state index contributed by atoms with van der Waals surface area (Å²) in [6, 6.07) is 0. The molecule has 4 rings (SSSR count). The Morgan fingerprint density at radius 2 is 0.826 bits per heavy atom. The van der Waals surface area contributed by atoms with Crippen molar-refractivity contribution in [2.75, 3.05) is 12.5 Å². The molecule has 0 aromatic rings. The molecule has 4 aliphatic carbocycles. The van der Waals surface area contributed by atoms with Crippen molar-refractivity contribution in [3.05, 3.63) is 0 Å². The second-order valence-electron chi connectivity index (χ2n) is 12.0. The second-order valence-corrected chi connectivity index (χ2v) is 19.8. The van der Waals surface area contributed by atoms with Crippen LogP contribution in [0.3, 0.4) is 0 Å². The molecule has 4 saturated carbocycles. The first-order valence-corrected chi connectivity index (χ1v) is 21.8.